The van der Waals surface area contributed by atoms with Gasteiger partial charge in [0.05, 0.1) is 0 Å². The first-order valence-electron chi connectivity index (χ1n) is 4.20. The molecule has 62 valence electrons. The van der Waals surface area contributed by atoms with Gasteiger partial charge in [0.1, 0.15) is 0 Å². The van der Waals surface area contributed by atoms with Crippen LogP contribution in [0.25, 0.3) is 0 Å². The van der Waals surface area contributed by atoms with Crippen molar-refractivity contribution in [3.63, 3.8) is 0 Å². The van der Waals surface area contributed by atoms with Gasteiger partial charge in [0.2, 0.25) is 0 Å². The first-order valence-corrected chi connectivity index (χ1v) is 4.20. The summed E-state index contributed by atoms with van der Waals surface area (Å²) >= 11 is 0. The van der Waals surface area contributed by atoms with E-state index in [0.29, 0.717) is 0 Å². The normalized spacial score (nSPS) is 15.0. The first-order chi connectivity index (χ1) is 4.91. The molecule has 1 saturated heterocycles. The molecule has 0 saturated carbocycles. The number of nitrogens with one attached hydrogen (secondary N) is 1. The van der Waals surface area contributed by atoms with Crippen LogP contribution in [0.2, 0.25) is 0 Å². The molecule has 0 atom stereocenters. The molecule has 0 radical (unpaired) electrons. The van der Waals surface area contributed by atoms with Gasteiger partial charge in [-0.15, -0.1) is 0 Å². The summed E-state index contributed by atoms with van der Waals surface area (Å²) in [5.41, 5.74) is 0. The topological polar surface area (TPSA) is 21.3 Å². The van der Waals surface area contributed by atoms with Crippen LogP contribution in [-0.4, -0.2) is 26.3 Å². The molecule has 0 bridgehead atoms. The fourth-order valence-corrected chi connectivity index (χ4v) is 0.498. The van der Waals surface area contributed by atoms with Crippen LogP contribution in [0.15, 0.2) is 0 Å². The summed E-state index contributed by atoms with van der Waals surface area (Å²) in [5.74, 6) is 0. The van der Waals surface area contributed by atoms with Crippen molar-refractivity contribution in [3.05, 3.63) is 0 Å². The lowest BCUT2D eigenvalue weighted by Gasteiger charge is -2.09. The summed E-state index contributed by atoms with van der Waals surface area (Å²) in [6.07, 6.45) is 2.52. The predicted molar refractivity (Wildman–Crippen MR) is 44.3 cm³/mol. The second-order valence-corrected chi connectivity index (χ2v) is 2.32. The van der Waals surface area contributed by atoms with Crippen LogP contribution in [0.5, 0.6) is 0 Å². The molecule has 2 heteroatoms. The fraction of sp³-hybridized carbons (Fsp3) is 1.00. The smallest absolute Gasteiger partial charge is 0.0488 e. The zero-order chi connectivity index (χ0) is 7.66. The highest BCUT2D eigenvalue weighted by molar-refractivity contribution is 4.41. The predicted octanol–water partition coefficient (Wildman–Crippen LogP) is 1.41. The van der Waals surface area contributed by atoms with E-state index in [1.54, 1.807) is 0 Å². The van der Waals surface area contributed by atoms with Gasteiger partial charge in [0.25, 0.3) is 0 Å². The highest BCUT2D eigenvalue weighted by atomic mass is 16.5. The second kappa shape index (κ2) is 8.92. The maximum absolute atomic E-state index is 4.72. The van der Waals surface area contributed by atoms with Gasteiger partial charge in [-0.3, -0.25) is 0 Å². The zero-order valence-electron chi connectivity index (χ0n) is 7.15. The molecule has 2 nitrogen and oxygen atoms in total. The average molecular weight is 145 g/mol. The summed E-state index contributed by atoms with van der Waals surface area (Å²) in [6.45, 7) is 8.56. The Morgan fingerprint density at radius 2 is 1.80 bits per heavy atom. The third kappa shape index (κ3) is 7.92. The van der Waals surface area contributed by atoms with Gasteiger partial charge in [0.15, 0.2) is 0 Å². The van der Waals surface area contributed by atoms with Crippen molar-refractivity contribution in [3.8, 4) is 0 Å². The zero-order valence-corrected chi connectivity index (χ0v) is 7.15. The maximum atomic E-state index is 4.72. The maximum Gasteiger partial charge on any atom is 0.0488 e. The van der Waals surface area contributed by atoms with Crippen molar-refractivity contribution in [2.75, 3.05) is 26.3 Å². The Morgan fingerprint density at radius 1 is 1.30 bits per heavy atom. The monoisotopic (exact) mass is 145 g/mol. The van der Waals surface area contributed by atoms with Gasteiger partial charge in [-0.2, -0.15) is 0 Å². The van der Waals surface area contributed by atoms with Gasteiger partial charge < -0.3 is 10.1 Å². The molecule has 0 unspecified atom stereocenters. The van der Waals surface area contributed by atoms with E-state index in [-0.39, 0.29) is 0 Å². The minimum absolute atomic E-state index is 1.00. The van der Waals surface area contributed by atoms with Gasteiger partial charge in [-0.25, -0.2) is 0 Å². The molecule has 0 amide bonds. The van der Waals surface area contributed by atoms with Crippen molar-refractivity contribution in [2.45, 2.75) is 26.7 Å². The molecule has 10 heavy (non-hydrogen) atoms. The molecular weight excluding hydrogens is 126 g/mol. The molecule has 1 aliphatic heterocycles. The summed E-state index contributed by atoms with van der Waals surface area (Å²) in [7, 11) is 0. The average Bonchev–Trinajstić information content (AvgIpc) is 1.79. The molecule has 1 aliphatic rings. The molecule has 0 spiro atoms. The lowest BCUT2D eigenvalue weighted by atomic mass is 10.4. The van der Waals surface area contributed by atoms with Crippen molar-refractivity contribution >= 4 is 0 Å². The van der Waals surface area contributed by atoms with Crippen molar-refractivity contribution in [1.29, 1.82) is 0 Å². The summed E-state index contributed by atoms with van der Waals surface area (Å²) in [4.78, 5) is 0. The lowest BCUT2D eigenvalue weighted by Crippen LogP contribution is -2.12. The Hall–Kier alpha value is -0.0800. The van der Waals surface area contributed by atoms with Crippen molar-refractivity contribution < 1.29 is 4.74 Å². The molecule has 1 N–H and O–H groups in total. The van der Waals surface area contributed by atoms with Crippen LogP contribution in [0.4, 0.5) is 0 Å². The van der Waals surface area contributed by atoms with Crippen LogP contribution in [0, 0.1) is 0 Å². The Labute approximate surface area is 64.0 Å². The molecule has 1 heterocycles. The van der Waals surface area contributed by atoms with Crippen LogP contribution in [-0.2, 0) is 4.74 Å². The van der Waals surface area contributed by atoms with E-state index in [2.05, 4.69) is 19.2 Å². The Balaban J connectivity index is 0.000000172. The lowest BCUT2D eigenvalue weighted by molar-refractivity contribution is 0.0367. The van der Waals surface area contributed by atoms with Gasteiger partial charge in [-0.05, 0) is 25.9 Å². The highest BCUT2D eigenvalue weighted by Gasteiger charge is 1.94. The fourth-order valence-electron chi connectivity index (χ4n) is 0.498. The van der Waals surface area contributed by atoms with Crippen LogP contribution in [0.3, 0.4) is 0 Å². The Morgan fingerprint density at radius 3 is 1.90 bits per heavy atom. The van der Waals surface area contributed by atoms with E-state index < -0.39 is 0 Å². The van der Waals surface area contributed by atoms with Crippen molar-refractivity contribution in [1.82, 2.24) is 5.32 Å². The van der Waals surface area contributed by atoms with E-state index in [0.717, 1.165) is 26.3 Å². The third-order valence-corrected chi connectivity index (χ3v) is 1.25. The minimum atomic E-state index is 1.00. The number of rotatable bonds is 3. The summed E-state index contributed by atoms with van der Waals surface area (Å²) < 4.78 is 4.72. The summed E-state index contributed by atoms with van der Waals surface area (Å²) in [5, 5.41) is 3.20. The largest absolute Gasteiger partial charge is 0.381 e. The van der Waals surface area contributed by atoms with Crippen molar-refractivity contribution in [2.24, 2.45) is 0 Å². The SMILES string of the molecule is C1COC1.CCCNCC. The third-order valence-electron chi connectivity index (χ3n) is 1.25. The van der Waals surface area contributed by atoms with Crippen LogP contribution in [0.1, 0.15) is 26.7 Å². The first kappa shape index (κ1) is 9.92. The van der Waals surface area contributed by atoms with E-state index in [4.69, 9.17) is 4.74 Å². The molecule has 0 aromatic carbocycles. The van der Waals surface area contributed by atoms with E-state index in [1.807, 2.05) is 0 Å². The Kier molecular flexibility index (Phi) is 8.85. The van der Waals surface area contributed by atoms with Gasteiger partial charge in [0, 0.05) is 13.2 Å². The van der Waals surface area contributed by atoms with E-state index in [9.17, 15) is 0 Å². The molecule has 0 aromatic rings. The second-order valence-electron chi connectivity index (χ2n) is 2.32. The van der Waals surface area contributed by atoms with Gasteiger partial charge >= 0.3 is 0 Å². The van der Waals surface area contributed by atoms with E-state index in [1.165, 1.54) is 12.8 Å². The number of hydrogen-bond donors (Lipinski definition) is 1. The highest BCUT2D eigenvalue weighted by Crippen LogP contribution is 1.93. The van der Waals surface area contributed by atoms with Crippen LogP contribution < -0.4 is 5.32 Å². The van der Waals surface area contributed by atoms with Gasteiger partial charge in [-0.1, -0.05) is 13.8 Å². The number of hydrogen-bond acceptors (Lipinski definition) is 2. The van der Waals surface area contributed by atoms with Crippen LogP contribution >= 0.6 is 0 Å². The van der Waals surface area contributed by atoms with E-state index >= 15 is 0 Å². The molecule has 1 rings (SSSR count). The Bertz CT molecular complexity index is 45.2. The molecular formula is C8H19NO. The number of ether oxygens (including phenoxy) is 1. The standard InChI is InChI=1S/C5H13N.C3H6O/c1-3-5-6-4-2;1-2-4-3-1/h6H,3-5H2,1-2H3;1-3H2. The minimum Gasteiger partial charge on any atom is -0.381 e. The quantitative estimate of drug-likeness (QED) is 0.606. The molecule has 0 aromatic heterocycles. The molecule has 0 aliphatic carbocycles. The summed E-state index contributed by atoms with van der Waals surface area (Å²) in [6, 6.07) is 0. The molecule has 1 fully saturated rings.